The van der Waals surface area contributed by atoms with Crippen LogP contribution in [-0.4, -0.2) is 61.0 Å². The maximum absolute atomic E-state index is 12.2. The minimum absolute atomic E-state index is 0.00649. The summed E-state index contributed by atoms with van der Waals surface area (Å²) in [5.74, 6) is -0.0644. The molecule has 146 valence electrons. The summed E-state index contributed by atoms with van der Waals surface area (Å²) in [6.07, 6.45) is 4.40. The molecule has 1 aliphatic carbocycles. The average Bonchev–Trinajstić information content (AvgIpc) is 2.74. The maximum atomic E-state index is 12.2. The first-order valence-electron chi connectivity index (χ1n) is 9.99. The first-order valence-corrected chi connectivity index (χ1v) is 9.99. The molecule has 0 saturated carbocycles. The topological polar surface area (TPSA) is 74.8 Å². The molecule has 1 aromatic carbocycles. The highest BCUT2D eigenvalue weighted by atomic mass is 16.5. The van der Waals surface area contributed by atoms with Gasteiger partial charge in [-0.15, -0.1) is 0 Å². The van der Waals surface area contributed by atoms with Crippen LogP contribution in [0.3, 0.4) is 0 Å². The third-order valence-corrected chi connectivity index (χ3v) is 6.19. The van der Waals surface area contributed by atoms with Gasteiger partial charge in [0.1, 0.15) is 5.75 Å². The van der Waals surface area contributed by atoms with Crippen molar-refractivity contribution < 1.29 is 14.3 Å². The number of aromatic nitrogens is 1. The lowest BCUT2D eigenvalue weighted by Gasteiger charge is -2.45. The lowest BCUT2D eigenvalue weighted by molar-refractivity contribution is -0.150. The van der Waals surface area contributed by atoms with Crippen LogP contribution in [0.2, 0.25) is 0 Å². The lowest BCUT2D eigenvalue weighted by atomic mass is 9.91. The Balaban J connectivity index is 1.59. The number of rotatable bonds is 2. The van der Waals surface area contributed by atoms with Crippen molar-refractivity contribution in [1.82, 2.24) is 15.2 Å². The Morgan fingerprint density at radius 1 is 1.18 bits per heavy atom. The highest BCUT2D eigenvalue weighted by Crippen LogP contribution is 2.38. The number of aryl methyl sites for hydroxylation is 1. The van der Waals surface area contributed by atoms with Crippen molar-refractivity contribution in [2.45, 2.75) is 31.7 Å². The Morgan fingerprint density at radius 2 is 2.04 bits per heavy atom. The van der Waals surface area contributed by atoms with Crippen molar-refractivity contribution in [2.75, 3.05) is 38.2 Å². The summed E-state index contributed by atoms with van der Waals surface area (Å²) in [7, 11) is 1.68. The number of benzene rings is 1. The van der Waals surface area contributed by atoms with Crippen molar-refractivity contribution in [3.05, 3.63) is 29.5 Å². The number of pyridine rings is 1. The van der Waals surface area contributed by atoms with E-state index in [1.807, 2.05) is 12.1 Å². The molecule has 7 nitrogen and oxygen atoms in total. The number of anilines is 1. The van der Waals surface area contributed by atoms with Gasteiger partial charge in [-0.3, -0.25) is 14.6 Å². The Bertz CT molecular complexity index is 974. The van der Waals surface area contributed by atoms with Crippen molar-refractivity contribution in [3.63, 3.8) is 0 Å². The van der Waals surface area contributed by atoms with Gasteiger partial charge < -0.3 is 19.9 Å². The average molecular weight is 380 g/mol. The van der Waals surface area contributed by atoms with Crippen LogP contribution in [0.25, 0.3) is 10.9 Å². The summed E-state index contributed by atoms with van der Waals surface area (Å²) in [5, 5.41) is 3.84. The van der Waals surface area contributed by atoms with Crippen LogP contribution in [-0.2, 0) is 22.4 Å². The van der Waals surface area contributed by atoms with Gasteiger partial charge in [-0.05, 0) is 49.4 Å². The number of ether oxygens (including phenoxy) is 1. The fourth-order valence-electron chi connectivity index (χ4n) is 4.78. The molecule has 7 heteroatoms. The molecule has 28 heavy (non-hydrogen) atoms. The smallest absolute Gasteiger partial charge is 0.312 e. The number of nitrogens with one attached hydrogen (secondary N) is 1. The van der Waals surface area contributed by atoms with Crippen molar-refractivity contribution in [2.24, 2.45) is 0 Å². The Kier molecular flexibility index (Phi) is 4.10. The van der Waals surface area contributed by atoms with E-state index in [9.17, 15) is 9.59 Å². The predicted molar refractivity (Wildman–Crippen MR) is 106 cm³/mol. The summed E-state index contributed by atoms with van der Waals surface area (Å²) in [4.78, 5) is 33.0. The summed E-state index contributed by atoms with van der Waals surface area (Å²) < 4.78 is 5.47. The van der Waals surface area contributed by atoms with Gasteiger partial charge in [-0.1, -0.05) is 0 Å². The van der Waals surface area contributed by atoms with Gasteiger partial charge in [0.2, 0.25) is 0 Å². The SMILES string of the molecule is COc1ccc2nc3c(c(N4CCN5C(=O)C(=O)NCC5C4)c2c1)CCCC3. The zero-order valence-electron chi connectivity index (χ0n) is 16.0. The van der Waals surface area contributed by atoms with Crippen LogP contribution in [0.4, 0.5) is 5.69 Å². The largest absolute Gasteiger partial charge is 0.497 e. The van der Waals surface area contributed by atoms with E-state index in [1.165, 1.54) is 29.8 Å². The molecule has 2 fully saturated rings. The molecule has 1 aromatic heterocycles. The lowest BCUT2D eigenvalue weighted by Crippen LogP contribution is -2.65. The number of hydrogen-bond donors (Lipinski definition) is 1. The Hall–Kier alpha value is -2.83. The minimum Gasteiger partial charge on any atom is -0.497 e. The second-order valence-corrected chi connectivity index (χ2v) is 7.78. The number of piperazine rings is 2. The molecule has 1 atom stereocenters. The summed E-state index contributed by atoms with van der Waals surface area (Å²) >= 11 is 0. The summed E-state index contributed by atoms with van der Waals surface area (Å²) in [5.41, 5.74) is 4.77. The second-order valence-electron chi connectivity index (χ2n) is 7.78. The Morgan fingerprint density at radius 3 is 2.89 bits per heavy atom. The first kappa shape index (κ1) is 17.3. The van der Waals surface area contributed by atoms with Crippen LogP contribution in [0.15, 0.2) is 18.2 Å². The predicted octanol–water partition coefficient (Wildman–Crippen LogP) is 1.27. The maximum Gasteiger partial charge on any atom is 0.312 e. The van der Waals surface area contributed by atoms with E-state index in [1.54, 1.807) is 12.0 Å². The number of methoxy groups -OCH3 is 1. The van der Waals surface area contributed by atoms with Crippen molar-refractivity contribution >= 4 is 28.4 Å². The van der Waals surface area contributed by atoms with E-state index < -0.39 is 11.8 Å². The molecule has 0 bridgehead atoms. The second kappa shape index (κ2) is 6.65. The number of nitrogens with zero attached hydrogens (tertiary/aromatic N) is 3. The molecule has 2 aromatic rings. The van der Waals surface area contributed by atoms with Crippen LogP contribution < -0.4 is 15.0 Å². The number of carbonyl (C=O) groups is 2. The van der Waals surface area contributed by atoms with Gasteiger partial charge in [-0.2, -0.15) is 0 Å². The molecule has 1 unspecified atom stereocenters. The highest BCUT2D eigenvalue weighted by molar-refractivity contribution is 6.35. The molecule has 3 aliphatic rings. The fraction of sp³-hybridized carbons (Fsp3) is 0.476. The normalized spacial score (nSPS) is 22.0. The zero-order chi connectivity index (χ0) is 19.3. The number of amides is 2. The number of carbonyl (C=O) groups excluding carboxylic acids is 2. The van der Waals surface area contributed by atoms with Crippen LogP contribution in [0.5, 0.6) is 5.75 Å². The van der Waals surface area contributed by atoms with Gasteiger partial charge in [0, 0.05) is 37.3 Å². The minimum atomic E-state index is -0.485. The van der Waals surface area contributed by atoms with E-state index in [0.29, 0.717) is 13.1 Å². The third-order valence-electron chi connectivity index (χ3n) is 6.19. The molecular weight excluding hydrogens is 356 g/mol. The molecule has 3 heterocycles. The van der Waals surface area contributed by atoms with Gasteiger partial charge in [0.25, 0.3) is 0 Å². The van der Waals surface area contributed by atoms with E-state index in [-0.39, 0.29) is 6.04 Å². The van der Waals surface area contributed by atoms with Gasteiger partial charge in [0.15, 0.2) is 0 Å². The van der Waals surface area contributed by atoms with Crippen LogP contribution in [0.1, 0.15) is 24.1 Å². The molecule has 0 radical (unpaired) electrons. The quantitative estimate of drug-likeness (QED) is 0.795. The molecule has 2 aliphatic heterocycles. The van der Waals surface area contributed by atoms with Gasteiger partial charge in [-0.25, -0.2) is 0 Å². The van der Waals surface area contributed by atoms with Gasteiger partial charge >= 0.3 is 11.8 Å². The molecule has 2 amide bonds. The highest BCUT2D eigenvalue weighted by Gasteiger charge is 2.38. The van der Waals surface area contributed by atoms with E-state index in [2.05, 4.69) is 16.3 Å². The first-order chi connectivity index (χ1) is 13.7. The zero-order valence-corrected chi connectivity index (χ0v) is 16.0. The van der Waals surface area contributed by atoms with Crippen LogP contribution >= 0.6 is 0 Å². The molecule has 0 spiro atoms. The van der Waals surface area contributed by atoms with E-state index >= 15 is 0 Å². The van der Waals surface area contributed by atoms with Crippen molar-refractivity contribution in [3.8, 4) is 5.75 Å². The third kappa shape index (κ3) is 2.68. The van der Waals surface area contributed by atoms with E-state index in [0.717, 1.165) is 42.6 Å². The van der Waals surface area contributed by atoms with Crippen LogP contribution in [0, 0.1) is 0 Å². The monoisotopic (exact) mass is 380 g/mol. The molecule has 5 rings (SSSR count). The summed E-state index contributed by atoms with van der Waals surface area (Å²) in [6.45, 7) is 2.52. The summed E-state index contributed by atoms with van der Waals surface area (Å²) in [6, 6.07) is 6.08. The number of fused-ring (bicyclic) bond motifs is 3. The van der Waals surface area contributed by atoms with Gasteiger partial charge in [0.05, 0.1) is 24.4 Å². The molecular formula is C21H24N4O3. The Labute approximate surface area is 163 Å². The van der Waals surface area contributed by atoms with Crippen molar-refractivity contribution in [1.29, 1.82) is 0 Å². The number of hydrogen-bond acceptors (Lipinski definition) is 5. The molecule has 1 N–H and O–H groups in total. The van der Waals surface area contributed by atoms with E-state index in [4.69, 9.17) is 9.72 Å². The fourth-order valence-corrected chi connectivity index (χ4v) is 4.78. The molecule has 2 saturated heterocycles. The standard InChI is InChI=1S/C21H24N4O3/c1-28-14-6-7-18-16(10-14)19(15-4-2-3-5-17(15)23-18)24-8-9-25-13(12-24)11-22-20(26)21(25)27/h6-7,10,13H,2-5,8-9,11-12H2,1H3,(H,22,26).